The van der Waals surface area contributed by atoms with Gasteiger partial charge in [0, 0.05) is 25.8 Å². The van der Waals surface area contributed by atoms with Crippen molar-refractivity contribution in [2.24, 2.45) is 0 Å². The van der Waals surface area contributed by atoms with E-state index >= 15 is 0 Å². The van der Waals surface area contributed by atoms with Crippen LogP contribution in [0.4, 0.5) is 5.69 Å². The highest BCUT2D eigenvalue weighted by molar-refractivity contribution is 9.11. The average Bonchev–Trinajstić information content (AvgIpc) is 2.76. The van der Waals surface area contributed by atoms with Crippen LogP contribution in [-0.4, -0.2) is 14.3 Å². The molecule has 1 N–H and O–H groups in total. The average molecular weight is 631 g/mol. The minimum Gasteiger partial charge on any atom is -0.377 e. The largest absolute Gasteiger partial charge is 0.377 e. The Morgan fingerprint density at radius 2 is 1.58 bits per heavy atom. The lowest BCUT2D eigenvalue weighted by Gasteiger charge is -2.13. The van der Waals surface area contributed by atoms with E-state index in [1.54, 1.807) is 30.3 Å². The Bertz CT molecular complexity index is 1390. The predicted molar refractivity (Wildman–Crippen MR) is 135 cm³/mol. The van der Waals surface area contributed by atoms with Gasteiger partial charge in [0.05, 0.1) is 4.47 Å². The molecular weight excluding hydrogens is 619 g/mol. The minimum absolute atomic E-state index is 0.0970. The standard InChI is InChI=1S/C22H12Br2Cl2N2O4S/c23-15-10-13(9-14(12-27)22(29)28-18-5-1-16(25)2-6-18)21(20(24)11-15)32-33(30,31)19-7-3-17(26)4-8-19/h1-11H,(H,28,29)/b14-9+. The monoisotopic (exact) mass is 628 g/mol. The number of hydrogen-bond donors (Lipinski definition) is 1. The van der Waals surface area contributed by atoms with Crippen LogP contribution < -0.4 is 9.50 Å². The molecule has 0 aliphatic carbocycles. The lowest BCUT2D eigenvalue weighted by Crippen LogP contribution is -2.14. The van der Waals surface area contributed by atoms with Crippen LogP contribution in [-0.2, 0) is 14.9 Å². The molecule has 0 unspecified atom stereocenters. The number of nitrogens with zero attached hydrogens (tertiary/aromatic N) is 1. The number of anilines is 1. The number of carbonyl (C=O) groups excluding carboxylic acids is 1. The van der Waals surface area contributed by atoms with Crippen LogP contribution in [0.15, 0.2) is 80.1 Å². The van der Waals surface area contributed by atoms with Crippen molar-refractivity contribution < 1.29 is 17.4 Å². The molecule has 6 nitrogen and oxygen atoms in total. The van der Waals surface area contributed by atoms with Crippen LogP contribution in [0.1, 0.15) is 5.56 Å². The Hall–Kier alpha value is -2.35. The van der Waals surface area contributed by atoms with E-state index in [0.29, 0.717) is 20.2 Å². The summed E-state index contributed by atoms with van der Waals surface area (Å²) in [6.07, 6.45) is 1.23. The number of amides is 1. The van der Waals surface area contributed by atoms with Crippen LogP contribution in [0.3, 0.4) is 0 Å². The van der Waals surface area contributed by atoms with E-state index < -0.39 is 16.0 Å². The third-order valence-electron chi connectivity index (χ3n) is 4.10. The van der Waals surface area contributed by atoms with Crippen LogP contribution in [0.5, 0.6) is 5.75 Å². The first-order valence-electron chi connectivity index (χ1n) is 8.97. The van der Waals surface area contributed by atoms with E-state index in [1.165, 1.54) is 36.4 Å². The molecule has 3 aromatic carbocycles. The Morgan fingerprint density at radius 3 is 2.15 bits per heavy atom. The van der Waals surface area contributed by atoms with E-state index in [9.17, 15) is 18.5 Å². The summed E-state index contributed by atoms with van der Waals surface area (Å²) in [4.78, 5) is 12.5. The molecule has 0 fully saturated rings. The summed E-state index contributed by atoms with van der Waals surface area (Å²) in [6, 6.07) is 16.7. The van der Waals surface area contributed by atoms with Crippen molar-refractivity contribution in [3.63, 3.8) is 0 Å². The zero-order chi connectivity index (χ0) is 24.2. The fourth-order valence-electron chi connectivity index (χ4n) is 2.57. The van der Waals surface area contributed by atoms with Gasteiger partial charge in [0.1, 0.15) is 16.5 Å². The molecule has 168 valence electrons. The van der Waals surface area contributed by atoms with Crippen molar-refractivity contribution in [3.8, 4) is 11.8 Å². The molecule has 0 aromatic heterocycles. The summed E-state index contributed by atoms with van der Waals surface area (Å²) in [7, 11) is -4.23. The first-order valence-corrected chi connectivity index (χ1v) is 12.7. The van der Waals surface area contributed by atoms with Gasteiger partial charge in [0.2, 0.25) is 0 Å². The Kier molecular flexibility index (Phi) is 8.21. The second kappa shape index (κ2) is 10.7. The van der Waals surface area contributed by atoms with Gasteiger partial charge in [0.25, 0.3) is 5.91 Å². The maximum atomic E-state index is 12.8. The second-order valence-corrected chi connectivity index (χ2v) is 10.6. The summed E-state index contributed by atoms with van der Waals surface area (Å²) >= 11 is 18.3. The number of halogens is 4. The van der Waals surface area contributed by atoms with Gasteiger partial charge in [-0.05, 0) is 82.7 Å². The van der Waals surface area contributed by atoms with Crippen LogP contribution in [0.25, 0.3) is 6.08 Å². The molecule has 33 heavy (non-hydrogen) atoms. The van der Waals surface area contributed by atoms with Crippen LogP contribution >= 0.6 is 55.1 Å². The quantitative estimate of drug-likeness (QED) is 0.183. The molecular formula is C22H12Br2Cl2N2O4S. The van der Waals surface area contributed by atoms with Crippen molar-refractivity contribution >= 4 is 82.9 Å². The predicted octanol–water partition coefficient (Wildman–Crippen LogP) is 6.83. The molecule has 0 spiro atoms. The number of nitrogens with one attached hydrogen (secondary N) is 1. The van der Waals surface area contributed by atoms with E-state index in [0.717, 1.165) is 0 Å². The minimum atomic E-state index is -4.23. The SMILES string of the molecule is N#C/C(=C\c1cc(Br)cc(Br)c1OS(=O)(=O)c1ccc(Cl)cc1)C(=O)Nc1ccc(Cl)cc1. The zero-order valence-electron chi connectivity index (χ0n) is 16.4. The molecule has 0 saturated heterocycles. The van der Waals surface area contributed by atoms with Gasteiger partial charge in [-0.25, -0.2) is 0 Å². The zero-order valence-corrected chi connectivity index (χ0v) is 21.9. The number of nitriles is 1. The van der Waals surface area contributed by atoms with Crippen molar-refractivity contribution in [3.05, 3.63) is 90.8 Å². The molecule has 0 aliphatic heterocycles. The molecule has 3 aromatic rings. The van der Waals surface area contributed by atoms with E-state index in [4.69, 9.17) is 27.4 Å². The summed E-state index contributed by atoms with van der Waals surface area (Å²) in [5.74, 6) is -0.789. The van der Waals surface area contributed by atoms with E-state index in [2.05, 4.69) is 37.2 Å². The summed E-state index contributed by atoms with van der Waals surface area (Å²) in [6.45, 7) is 0. The molecule has 11 heteroatoms. The summed E-state index contributed by atoms with van der Waals surface area (Å²) < 4.78 is 31.8. The Morgan fingerprint density at radius 1 is 1.00 bits per heavy atom. The maximum Gasteiger partial charge on any atom is 0.339 e. The lowest BCUT2D eigenvalue weighted by atomic mass is 10.1. The fraction of sp³-hybridized carbons (Fsp3) is 0. The van der Waals surface area contributed by atoms with Gasteiger partial charge in [-0.2, -0.15) is 13.7 Å². The highest BCUT2D eigenvalue weighted by Crippen LogP contribution is 2.36. The fourth-order valence-corrected chi connectivity index (χ4v) is 5.24. The summed E-state index contributed by atoms with van der Waals surface area (Å²) in [5.41, 5.74) is 0.336. The number of hydrogen-bond acceptors (Lipinski definition) is 5. The number of carbonyl (C=O) groups is 1. The molecule has 0 aliphatic rings. The van der Waals surface area contributed by atoms with Gasteiger partial charge in [-0.1, -0.05) is 39.1 Å². The lowest BCUT2D eigenvalue weighted by molar-refractivity contribution is -0.112. The van der Waals surface area contributed by atoms with Gasteiger partial charge in [-0.15, -0.1) is 0 Å². The van der Waals surface area contributed by atoms with Crippen LogP contribution in [0, 0.1) is 11.3 Å². The van der Waals surface area contributed by atoms with Crippen molar-refractivity contribution in [2.75, 3.05) is 5.32 Å². The maximum absolute atomic E-state index is 12.8. The van der Waals surface area contributed by atoms with E-state index in [-0.39, 0.29) is 26.3 Å². The molecule has 0 bridgehead atoms. The first-order chi connectivity index (χ1) is 15.6. The third-order valence-corrected chi connectivity index (χ3v) is 6.89. The van der Waals surface area contributed by atoms with Crippen LogP contribution in [0.2, 0.25) is 10.0 Å². The van der Waals surface area contributed by atoms with Gasteiger partial charge in [-0.3, -0.25) is 4.79 Å². The molecule has 0 heterocycles. The van der Waals surface area contributed by atoms with E-state index in [1.807, 2.05) is 6.07 Å². The van der Waals surface area contributed by atoms with Crippen molar-refractivity contribution in [2.45, 2.75) is 4.90 Å². The molecule has 1 amide bonds. The van der Waals surface area contributed by atoms with Crippen molar-refractivity contribution in [1.29, 1.82) is 5.26 Å². The highest BCUT2D eigenvalue weighted by atomic mass is 79.9. The second-order valence-electron chi connectivity index (χ2n) is 6.43. The number of rotatable bonds is 6. The van der Waals surface area contributed by atoms with Gasteiger partial charge < -0.3 is 9.50 Å². The topological polar surface area (TPSA) is 96.3 Å². The molecule has 0 radical (unpaired) electrons. The number of benzene rings is 3. The molecule has 0 saturated carbocycles. The molecule has 3 rings (SSSR count). The third kappa shape index (κ3) is 6.59. The van der Waals surface area contributed by atoms with Crippen molar-refractivity contribution in [1.82, 2.24) is 0 Å². The highest BCUT2D eigenvalue weighted by Gasteiger charge is 2.22. The summed E-state index contributed by atoms with van der Waals surface area (Å²) in [5, 5.41) is 13.0. The van der Waals surface area contributed by atoms with Gasteiger partial charge >= 0.3 is 10.1 Å². The molecule has 0 atom stereocenters. The Labute approximate surface area is 217 Å². The smallest absolute Gasteiger partial charge is 0.339 e. The normalized spacial score (nSPS) is 11.5. The van der Waals surface area contributed by atoms with Gasteiger partial charge in [0.15, 0.2) is 5.75 Å². The Balaban J connectivity index is 1.99. The first kappa shape index (κ1) is 25.3.